The largest absolute Gasteiger partial charge is 0.497 e. The number of carbonyl (C=O) groups is 1. The number of carbonyl (C=O) groups excluding carboxylic acids is 1. The van der Waals surface area contributed by atoms with Gasteiger partial charge in [-0.05, 0) is 31.2 Å². The number of aromatic nitrogens is 3. The molecule has 0 spiro atoms. The number of benzene rings is 1. The van der Waals surface area contributed by atoms with E-state index < -0.39 is 5.82 Å². The summed E-state index contributed by atoms with van der Waals surface area (Å²) in [5.41, 5.74) is 0.339. The van der Waals surface area contributed by atoms with Crippen LogP contribution in [0.4, 0.5) is 10.3 Å². The molecule has 1 saturated heterocycles. The number of halogens is 1. The van der Waals surface area contributed by atoms with Gasteiger partial charge in [0.25, 0.3) is 5.56 Å². The van der Waals surface area contributed by atoms with Gasteiger partial charge in [-0.25, -0.2) is 9.37 Å². The minimum atomic E-state index is -0.647. The molecule has 1 fully saturated rings. The molecule has 1 aliphatic rings. The van der Waals surface area contributed by atoms with Crippen molar-refractivity contribution in [3.8, 4) is 22.6 Å². The van der Waals surface area contributed by atoms with E-state index in [1.54, 1.807) is 28.8 Å². The van der Waals surface area contributed by atoms with Crippen LogP contribution in [0.25, 0.3) is 22.2 Å². The van der Waals surface area contributed by atoms with Gasteiger partial charge < -0.3 is 19.7 Å². The number of nitrogens with zero attached hydrogens (tertiary/aromatic N) is 5. The fourth-order valence-corrected chi connectivity index (χ4v) is 4.49. The molecule has 0 aliphatic carbocycles. The molecule has 37 heavy (non-hydrogen) atoms. The molecular formula is C26H31FN6O4. The first-order valence-electron chi connectivity index (χ1n) is 12.0. The number of anilines is 1. The Morgan fingerprint density at radius 3 is 2.54 bits per heavy atom. The zero-order valence-corrected chi connectivity index (χ0v) is 21.3. The second-order valence-electron chi connectivity index (χ2n) is 8.65. The molecular weight excluding hydrogens is 479 g/mol. The summed E-state index contributed by atoms with van der Waals surface area (Å²) in [5.74, 6) is 0.0268. The molecule has 11 heteroatoms. The van der Waals surface area contributed by atoms with E-state index >= 15 is 4.39 Å². The Labute approximate surface area is 214 Å². The summed E-state index contributed by atoms with van der Waals surface area (Å²) in [6.45, 7) is 7.42. The Morgan fingerprint density at radius 2 is 1.89 bits per heavy atom. The number of fused-ring (bicyclic) bond motifs is 1. The summed E-state index contributed by atoms with van der Waals surface area (Å²) in [4.78, 5) is 38.4. The monoisotopic (exact) mass is 510 g/mol. The number of methoxy groups -OCH3 is 2. The molecule has 0 unspecified atom stereocenters. The smallest absolute Gasteiger partial charge is 0.260 e. The van der Waals surface area contributed by atoms with Crippen molar-refractivity contribution < 1.29 is 18.7 Å². The minimum Gasteiger partial charge on any atom is -0.497 e. The van der Waals surface area contributed by atoms with Gasteiger partial charge in [0.05, 0.1) is 19.8 Å². The highest BCUT2D eigenvalue weighted by Crippen LogP contribution is 2.33. The van der Waals surface area contributed by atoms with Crippen LogP contribution in [0.1, 0.15) is 6.42 Å². The van der Waals surface area contributed by atoms with Crippen LogP contribution in [0.3, 0.4) is 0 Å². The van der Waals surface area contributed by atoms with Crippen LogP contribution in [0, 0.1) is 5.82 Å². The van der Waals surface area contributed by atoms with Crippen molar-refractivity contribution in [2.75, 3.05) is 59.3 Å². The second kappa shape index (κ2) is 11.4. The Balaban J connectivity index is 1.67. The zero-order chi connectivity index (χ0) is 26.5. The van der Waals surface area contributed by atoms with Gasteiger partial charge in [0.1, 0.15) is 11.4 Å². The quantitative estimate of drug-likeness (QED) is 0.438. The molecule has 4 rings (SSSR count). The zero-order valence-electron chi connectivity index (χ0n) is 21.3. The number of ether oxygens (including phenoxy) is 2. The third-order valence-corrected chi connectivity index (χ3v) is 6.52. The molecule has 10 nitrogen and oxygen atoms in total. The first kappa shape index (κ1) is 26.1. The molecule has 0 atom stereocenters. The predicted molar refractivity (Wildman–Crippen MR) is 140 cm³/mol. The normalized spacial score (nSPS) is 14.0. The highest BCUT2D eigenvalue weighted by molar-refractivity contribution is 5.87. The minimum absolute atomic E-state index is 0.0174. The number of pyridine rings is 1. The molecule has 0 bridgehead atoms. The molecule has 0 radical (unpaired) electrons. The van der Waals surface area contributed by atoms with Crippen molar-refractivity contribution in [3.05, 3.63) is 53.2 Å². The van der Waals surface area contributed by atoms with Crippen LogP contribution in [-0.2, 0) is 11.3 Å². The first-order valence-corrected chi connectivity index (χ1v) is 12.0. The highest BCUT2D eigenvalue weighted by Gasteiger charge is 2.21. The number of piperazine rings is 1. The van der Waals surface area contributed by atoms with Gasteiger partial charge >= 0.3 is 0 Å². The van der Waals surface area contributed by atoms with Crippen LogP contribution < -0.4 is 20.3 Å². The van der Waals surface area contributed by atoms with Gasteiger partial charge in [0.15, 0.2) is 11.6 Å². The number of aryl methyl sites for hydroxylation is 1. The lowest BCUT2D eigenvalue weighted by Crippen LogP contribution is -2.48. The standard InChI is InChI=1S/C26H31FN6O4/c1-5-22(34)32-11-9-31(10-12-32)7-6-8-33-24-17(16-29-26(28-2)30-24)13-20(25(33)35)19-14-18(36-3)15-21(37-4)23(19)27/h5,13-16H,1,6-12H2,2-4H3,(H,28,29,30). The fourth-order valence-electron chi connectivity index (χ4n) is 4.49. The maximum Gasteiger partial charge on any atom is 0.260 e. The molecule has 3 aromatic rings. The molecule has 1 aromatic carbocycles. The van der Waals surface area contributed by atoms with Gasteiger partial charge in [0, 0.05) is 63.0 Å². The SMILES string of the molecule is C=CC(=O)N1CCN(CCCn2c(=O)c(-c3cc(OC)cc(OC)c3F)cc3cnc(NC)nc32)CC1. The van der Waals surface area contributed by atoms with Crippen molar-refractivity contribution in [1.29, 1.82) is 0 Å². The maximum absolute atomic E-state index is 15.3. The van der Waals surface area contributed by atoms with Gasteiger partial charge in [-0.3, -0.25) is 19.1 Å². The molecule has 196 valence electrons. The van der Waals surface area contributed by atoms with Gasteiger partial charge in [0.2, 0.25) is 11.9 Å². The van der Waals surface area contributed by atoms with E-state index in [0.29, 0.717) is 48.8 Å². The summed E-state index contributed by atoms with van der Waals surface area (Å²) in [5, 5.41) is 3.50. The number of rotatable bonds is 9. The fraction of sp³-hybridized carbons (Fsp3) is 0.385. The topological polar surface area (TPSA) is 102 Å². The molecule has 1 N–H and O–H groups in total. The lowest BCUT2D eigenvalue weighted by atomic mass is 10.0. The lowest BCUT2D eigenvalue weighted by molar-refractivity contribution is -0.127. The predicted octanol–water partition coefficient (Wildman–Crippen LogP) is 2.38. The second-order valence-corrected chi connectivity index (χ2v) is 8.65. The Bertz CT molecular complexity index is 1370. The van der Waals surface area contributed by atoms with Crippen molar-refractivity contribution in [3.63, 3.8) is 0 Å². The van der Waals surface area contributed by atoms with E-state index in [2.05, 4.69) is 26.8 Å². The molecule has 1 amide bonds. The van der Waals surface area contributed by atoms with E-state index in [1.165, 1.54) is 32.4 Å². The lowest BCUT2D eigenvalue weighted by Gasteiger charge is -2.34. The summed E-state index contributed by atoms with van der Waals surface area (Å²) in [6.07, 6.45) is 3.61. The van der Waals surface area contributed by atoms with Gasteiger partial charge in [-0.1, -0.05) is 6.58 Å². The van der Waals surface area contributed by atoms with Crippen LogP contribution in [0.5, 0.6) is 11.5 Å². The first-order chi connectivity index (χ1) is 17.9. The summed E-state index contributed by atoms with van der Waals surface area (Å²) in [6, 6.07) is 4.52. The van der Waals surface area contributed by atoms with E-state index in [4.69, 9.17) is 9.47 Å². The molecule has 0 saturated carbocycles. The maximum atomic E-state index is 15.3. The van der Waals surface area contributed by atoms with Crippen molar-refractivity contribution >= 4 is 22.9 Å². The molecule has 3 heterocycles. The van der Waals surface area contributed by atoms with Crippen molar-refractivity contribution in [1.82, 2.24) is 24.3 Å². The van der Waals surface area contributed by atoms with Crippen LogP contribution >= 0.6 is 0 Å². The van der Waals surface area contributed by atoms with Gasteiger partial charge in [-0.2, -0.15) is 4.98 Å². The highest BCUT2D eigenvalue weighted by atomic mass is 19.1. The third kappa shape index (κ3) is 5.41. The summed E-state index contributed by atoms with van der Waals surface area (Å²) < 4.78 is 27.3. The Kier molecular flexibility index (Phi) is 8.02. The van der Waals surface area contributed by atoms with Crippen LogP contribution in [0.2, 0.25) is 0 Å². The molecule has 2 aromatic heterocycles. The summed E-state index contributed by atoms with van der Waals surface area (Å²) in [7, 11) is 4.53. The Morgan fingerprint density at radius 1 is 1.14 bits per heavy atom. The molecule has 1 aliphatic heterocycles. The van der Waals surface area contributed by atoms with Crippen LogP contribution in [0.15, 0.2) is 41.8 Å². The summed E-state index contributed by atoms with van der Waals surface area (Å²) >= 11 is 0. The average Bonchev–Trinajstić information content (AvgIpc) is 2.93. The van der Waals surface area contributed by atoms with E-state index in [0.717, 1.165) is 19.6 Å². The number of nitrogens with one attached hydrogen (secondary N) is 1. The van der Waals surface area contributed by atoms with E-state index in [1.807, 2.05) is 0 Å². The van der Waals surface area contributed by atoms with E-state index in [9.17, 15) is 9.59 Å². The number of hydrogen-bond donors (Lipinski definition) is 1. The third-order valence-electron chi connectivity index (χ3n) is 6.52. The number of amides is 1. The Hall–Kier alpha value is -3.99. The average molecular weight is 511 g/mol. The van der Waals surface area contributed by atoms with E-state index in [-0.39, 0.29) is 28.3 Å². The van der Waals surface area contributed by atoms with Gasteiger partial charge in [-0.15, -0.1) is 0 Å². The number of hydrogen-bond acceptors (Lipinski definition) is 8. The van der Waals surface area contributed by atoms with Crippen molar-refractivity contribution in [2.45, 2.75) is 13.0 Å². The van der Waals surface area contributed by atoms with Crippen LogP contribution in [-0.4, -0.2) is 84.2 Å². The van der Waals surface area contributed by atoms with Crippen molar-refractivity contribution in [2.24, 2.45) is 0 Å².